The lowest BCUT2D eigenvalue weighted by atomic mass is 10.2. The minimum Gasteiger partial charge on any atom is -0.224 e. The molecule has 0 atom stereocenters. The summed E-state index contributed by atoms with van der Waals surface area (Å²) in [6.07, 6.45) is -3.94. The second kappa shape index (κ2) is 3.27. The predicted molar refractivity (Wildman–Crippen MR) is 43.4 cm³/mol. The molecule has 1 aromatic rings. The monoisotopic (exact) mass is 223 g/mol. The van der Waals surface area contributed by atoms with Crippen LogP contribution in [0, 0.1) is 6.07 Å². The molecule has 0 aliphatic rings. The molecule has 77 valence electrons. The van der Waals surface area contributed by atoms with Crippen LogP contribution in [0.1, 0.15) is 5.56 Å². The summed E-state index contributed by atoms with van der Waals surface area (Å²) >= 11 is 0. The highest BCUT2D eigenvalue weighted by atomic mass is 32.2. The summed E-state index contributed by atoms with van der Waals surface area (Å²) in [4.78, 5) is -0.719. The lowest BCUT2D eigenvalue weighted by Gasteiger charge is -2.10. The first-order valence-electron chi connectivity index (χ1n) is 3.50. The molecule has 1 radical (unpaired) electrons. The summed E-state index contributed by atoms with van der Waals surface area (Å²) < 4.78 is 58.9. The first kappa shape index (κ1) is 11.0. The maximum Gasteiger partial charge on any atom is 0.417 e. The highest BCUT2D eigenvalue weighted by Gasteiger charge is 2.35. The molecule has 0 saturated heterocycles. The molecule has 0 aliphatic carbocycles. The number of hydrogen-bond donors (Lipinski definition) is 0. The van der Waals surface area contributed by atoms with Gasteiger partial charge in [-0.05, 0) is 18.2 Å². The van der Waals surface area contributed by atoms with Gasteiger partial charge in [-0.25, -0.2) is 8.42 Å². The fraction of sp³-hybridized carbons (Fsp3) is 0.250. The van der Waals surface area contributed by atoms with Gasteiger partial charge in [0.1, 0.15) is 0 Å². The molecular weight excluding hydrogens is 217 g/mol. The van der Waals surface area contributed by atoms with E-state index in [1.54, 1.807) is 0 Å². The first-order chi connectivity index (χ1) is 6.23. The third-order valence-corrected chi connectivity index (χ3v) is 2.68. The van der Waals surface area contributed by atoms with Gasteiger partial charge in [0.05, 0.1) is 10.5 Å². The molecule has 0 fully saturated rings. The second-order valence-corrected chi connectivity index (χ2v) is 4.68. The van der Waals surface area contributed by atoms with Crippen LogP contribution in [0.5, 0.6) is 0 Å². The van der Waals surface area contributed by atoms with Gasteiger partial charge in [0.25, 0.3) is 0 Å². The lowest BCUT2D eigenvalue weighted by Crippen LogP contribution is -2.12. The summed E-state index contributed by atoms with van der Waals surface area (Å²) in [6.45, 7) is 0. The van der Waals surface area contributed by atoms with E-state index >= 15 is 0 Å². The number of benzene rings is 1. The van der Waals surface area contributed by atoms with Crippen molar-refractivity contribution in [3.63, 3.8) is 0 Å². The van der Waals surface area contributed by atoms with Crippen molar-refractivity contribution in [3.05, 3.63) is 29.8 Å². The fourth-order valence-electron chi connectivity index (χ4n) is 0.961. The molecule has 0 unspecified atom stereocenters. The van der Waals surface area contributed by atoms with E-state index in [0.29, 0.717) is 6.07 Å². The van der Waals surface area contributed by atoms with E-state index in [4.69, 9.17) is 0 Å². The highest BCUT2D eigenvalue weighted by Crippen LogP contribution is 2.33. The molecule has 0 aliphatic heterocycles. The number of halogens is 3. The molecule has 2 nitrogen and oxygen atoms in total. The maximum atomic E-state index is 12.3. The second-order valence-electron chi connectivity index (χ2n) is 2.69. The van der Waals surface area contributed by atoms with Gasteiger partial charge in [-0.1, -0.05) is 6.07 Å². The SMILES string of the molecule is CS(=O)(=O)c1cc[c]cc1C(F)(F)F. The van der Waals surface area contributed by atoms with E-state index in [9.17, 15) is 21.6 Å². The van der Waals surface area contributed by atoms with Gasteiger partial charge >= 0.3 is 6.18 Å². The summed E-state index contributed by atoms with van der Waals surface area (Å²) in [5, 5.41) is 0. The van der Waals surface area contributed by atoms with Crippen LogP contribution in [0.25, 0.3) is 0 Å². The Morgan fingerprint density at radius 2 is 1.93 bits per heavy atom. The number of hydrogen-bond acceptors (Lipinski definition) is 2. The van der Waals surface area contributed by atoms with Crippen LogP contribution in [0.2, 0.25) is 0 Å². The minimum atomic E-state index is -4.67. The van der Waals surface area contributed by atoms with Crippen molar-refractivity contribution < 1.29 is 21.6 Å². The smallest absolute Gasteiger partial charge is 0.224 e. The van der Waals surface area contributed by atoms with Crippen molar-refractivity contribution in [1.82, 2.24) is 0 Å². The van der Waals surface area contributed by atoms with Gasteiger partial charge in [-0.3, -0.25) is 0 Å². The normalized spacial score (nSPS) is 12.9. The zero-order chi connectivity index (χ0) is 11.0. The largest absolute Gasteiger partial charge is 0.417 e. The standard InChI is InChI=1S/C8H6F3O2S/c1-14(12,13)7-5-3-2-4-6(7)8(9,10)11/h3-5H,1H3. The van der Waals surface area contributed by atoms with Crippen molar-refractivity contribution in [1.29, 1.82) is 0 Å². The third-order valence-electron chi connectivity index (χ3n) is 1.53. The molecular formula is C8H6F3O2S. The third kappa shape index (κ3) is 2.25. The molecule has 0 bridgehead atoms. The van der Waals surface area contributed by atoms with E-state index in [1.807, 2.05) is 0 Å². The van der Waals surface area contributed by atoms with E-state index in [0.717, 1.165) is 18.4 Å². The molecule has 0 spiro atoms. The summed E-state index contributed by atoms with van der Waals surface area (Å²) in [5.41, 5.74) is -1.18. The molecule has 0 amide bonds. The topological polar surface area (TPSA) is 34.1 Å². The quantitative estimate of drug-likeness (QED) is 0.728. The van der Waals surface area contributed by atoms with Crippen molar-refractivity contribution >= 4 is 9.84 Å². The van der Waals surface area contributed by atoms with Crippen molar-refractivity contribution in [3.8, 4) is 0 Å². The van der Waals surface area contributed by atoms with Crippen LogP contribution in [-0.2, 0) is 16.0 Å². The Balaban J connectivity index is 3.47. The van der Waals surface area contributed by atoms with Crippen molar-refractivity contribution in [2.24, 2.45) is 0 Å². The number of alkyl halides is 3. The van der Waals surface area contributed by atoms with E-state index < -0.39 is 26.5 Å². The summed E-state index contributed by atoms with van der Waals surface area (Å²) in [6, 6.07) is 4.83. The zero-order valence-corrected chi connectivity index (χ0v) is 7.91. The van der Waals surface area contributed by atoms with Crippen LogP contribution in [-0.4, -0.2) is 14.7 Å². The first-order valence-corrected chi connectivity index (χ1v) is 5.39. The zero-order valence-electron chi connectivity index (χ0n) is 7.09. The average Bonchev–Trinajstić information content (AvgIpc) is 2.01. The summed E-state index contributed by atoms with van der Waals surface area (Å²) in [7, 11) is -3.86. The summed E-state index contributed by atoms with van der Waals surface area (Å²) in [5.74, 6) is 0. The van der Waals surface area contributed by atoms with E-state index in [-0.39, 0.29) is 0 Å². The van der Waals surface area contributed by atoms with Gasteiger partial charge in [0.15, 0.2) is 9.84 Å². The number of rotatable bonds is 1. The molecule has 0 heterocycles. The Morgan fingerprint density at radius 3 is 2.29 bits per heavy atom. The van der Waals surface area contributed by atoms with Gasteiger partial charge in [-0.15, -0.1) is 0 Å². The van der Waals surface area contributed by atoms with Crippen LogP contribution in [0.4, 0.5) is 13.2 Å². The van der Waals surface area contributed by atoms with Crippen LogP contribution >= 0.6 is 0 Å². The van der Waals surface area contributed by atoms with Crippen LogP contribution < -0.4 is 0 Å². The highest BCUT2D eigenvalue weighted by molar-refractivity contribution is 7.90. The van der Waals surface area contributed by atoms with E-state index in [2.05, 4.69) is 6.07 Å². The Kier molecular flexibility index (Phi) is 2.58. The van der Waals surface area contributed by atoms with Gasteiger partial charge in [0, 0.05) is 6.26 Å². The molecule has 6 heteroatoms. The van der Waals surface area contributed by atoms with Crippen LogP contribution in [0.3, 0.4) is 0 Å². The molecule has 14 heavy (non-hydrogen) atoms. The van der Waals surface area contributed by atoms with Crippen LogP contribution in [0.15, 0.2) is 23.1 Å². The average molecular weight is 223 g/mol. The predicted octanol–water partition coefficient (Wildman–Crippen LogP) is 1.91. The Labute approximate surface area is 79.3 Å². The molecule has 0 aromatic heterocycles. The Bertz CT molecular complexity index is 434. The van der Waals surface area contributed by atoms with Crippen molar-refractivity contribution in [2.45, 2.75) is 11.1 Å². The molecule has 0 saturated carbocycles. The number of sulfone groups is 1. The Morgan fingerprint density at radius 1 is 1.36 bits per heavy atom. The molecule has 0 N–H and O–H groups in total. The fourth-order valence-corrected chi connectivity index (χ4v) is 1.85. The van der Waals surface area contributed by atoms with Gasteiger partial charge in [0.2, 0.25) is 0 Å². The maximum absolute atomic E-state index is 12.3. The Hall–Kier alpha value is -1.04. The van der Waals surface area contributed by atoms with Gasteiger partial charge < -0.3 is 0 Å². The minimum absolute atomic E-state index is 0.621. The van der Waals surface area contributed by atoms with Gasteiger partial charge in [-0.2, -0.15) is 13.2 Å². The molecule has 1 rings (SSSR count). The van der Waals surface area contributed by atoms with Crippen molar-refractivity contribution in [2.75, 3.05) is 6.26 Å². The molecule has 1 aromatic carbocycles. The van der Waals surface area contributed by atoms with E-state index in [1.165, 1.54) is 0 Å². The lowest BCUT2D eigenvalue weighted by molar-refractivity contribution is -0.139.